The average molecular weight is 336 g/mol. The Bertz CT molecular complexity index is 707. The van der Waals surface area contributed by atoms with Crippen LogP contribution in [-0.4, -0.2) is 54.5 Å². The van der Waals surface area contributed by atoms with Crippen LogP contribution in [0, 0.1) is 12.8 Å². The maximum Gasteiger partial charge on any atom is 0.330 e. The topological polar surface area (TPSA) is 162 Å². The molecule has 1 aromatic heterocycles. The van der Waals surface area contributed by atoms with E-state index >= 15 is 0 Å². The van der Waals surface area contributed by atoms with Crippen LogP contribution in [-0.2, 0) is 9.30 Å². The number of ether oxygens (including phenoxy) is 1. The first-order chi connectivity index (χ1) is 10.1. The number of H-pyrrole nitrogens is 1. The third kappa shape index (κ3) is 3.37. The molecule has 0 saturated carbocycles. The van der Waals surface area contributed by atoms with E-state index in [0.717, 1.165) is 4.57 Å². The number of aromatic nitrogens is 2. The van der Waals surface area contributed by atoms with E-state index in [1.807, 2.05) is 4.98 Å². The number of aliphatic hydroxyl groups excluding tert-OH is 2. The first kappa shape index (κ1) is 17.1. The van der Waals surface area contributed by atoms with Gasteiger partial charge in [0.05, 0.1) is 18.9 Å². The summed E-state index contributed by atoms with van der Waals surface area (Å²) in [5.74, 6) is -1.11. The highest BCUT2D eigenvalue weighted by molar-refractivity contribution is 7.51. The Balaban J connectivity index is 2.47. The maximum atomic E-state index is 11.9. The Kier molecular flexibility index (Phi) is 4.71. The highest BCUT2D eigenvalue weighted by atomic mass is 31.2. The van der Waals surface area contributed by atoms with Gasteiger partial charge in [0.25, 0.3) is 5.56 Å². The lowest BCUT2D eigenvalue weighted by atomic mass is 10.0. The molecule has 2 heterocycles. The van der Waals surface area contributed by atoms with Crippen molar-refractivity contribution in [3.8, 4) is 0 Å². The number of aliphatic hydroxyl groups is 2. The van der Waals surface area contributed by atoms with Gasteiger partial charge >= 0.3 is 13.3 Å². The molecule has 4 atom stereocenters. The molecule has 5 N–H and O–H groups in total. The third-order valence-electron chi connectivity index (χ3n) is 3.55. The van der Waals surface area contributed by atoms with Crippen molar-refractivity contribution in [2.75, 3.05) is 12.8 Å². The highest BCUT2D eigenvalue weighted by Gasteiger charge is 2.47. The van der Waals surface area contributed by atoms with Gasteiger partial charge in [-0.1, -0.05) is 0 Å². The van der Waals surface area contributed by atoms with Crippen molar-refractivity contribution in [3.05, 3.63) is 32.6 Å². The lowest BCUT2D eigenvalue weighted by molar-refractivity contribution is -0.0477. The summed E-state index contributed by atoms with van der Waals surface area (Å²) >= 11 is 0. The van der Waals surface area contributed by atoms with Crippen LogP contribution in [0.4, 0.5) is 0 Å². The summed E-state index contributed by atoms with van der Waals surface area (Å²) in [6.45, 7) is 0.869. The summed E-state index contributed by atoms with van der Waals surface area (Å²) in [7, 11) is -4.49. The smallest absolute Gasteiger partial charge is 0.330 e. The molecule has 11 heteroatoms. The summed E-state index contributed by atoms with van der Waals surface area (Å²) in [5, 5.41) is 19.2. The van der Waals surface area contributed by atoms with E-state index in [0.29, 0.717) is 0 Å². The van der Waals surface area contributed by atoms with Gasteiger partial charge in [0.2, 0.25) is 0 Å². The van der Waals surface area contributed by atoms with Crippen LogP contribution in [0.1, 0.15) is 11.8 Å². The Hall–Kier alpha value is -1.29. The normalized spacial score (nSPS) is 29.0. The minimum atomic E-state index is -4.49. The van der Waals surface area contributed by atoms with Crippen molar-refractivity contribution < 1.29 is 29.3 Å². The van der Waals surface area contributed by atoms with Crippen LogP contribution in [0.2, 0.25) is 0 Å². The SMILES string of the molecule is Cc1cn([C@@H]2O[C@H](CO)[C@@H](O)[C@H]2CP(=O)(O)O)c(=O)[nH]c1=O. The molecule has 2 rings (SSSR count). The number of hydrogen-bond donors (Lipinski definition) is 5. The summed E-state index contributed by atoms with van der Waals surface area (Å²) < 4.78 is 17.5. The van der Waals surface area contributed by atoms with Crippen molar-refractivity contribution in [2.45, 2.75) is 25.4 Å². The van der Waals surface area contributed by atoms with Crippen molar-refractivity contribution in [1.29, 1.82) is 0 Å². The van der Waals surface area contributed by atoms with Gasteiger partial charge in [-0.15, -0.1) is 0 Å². The largest absolute Gasteiger partial charge is 0.394 e. The molecule has 124 valence electrons. The van der Waals surface area contributed by atoms with E-state index in [4.69, 9.17) is 19.6 Å². The van der Waals surface area contributed by atoms with Crippen LogP contribution >= 0.6 is 7.60 Å². The standard InChI is InChI=1S/C11H17N2O8P/c1-5-2-13(11(17)12-9(5)16)10-6(4-22(18,19)20)8(15)7(3-14)21-10/h2,6-8,10,14-15H,3-4H2,1H3,(H,12,16,17)(H2,18,19,20)/t6-,7-,8+,10-/m1/s1. The van der Waals surface area contributed by atoms with E-state index in [-0.39, 0.29) is 5.56 Å². The fourth-order valence-corrected chi connectivity index (χ4v) is 3.42. The molecule has 0 bridgehead atoms. The Morgan fingerprint density at radius 3 is 2.59 bits per heavy atom. The second kappa shape index (κ2) is 6.07. The quantitative estimate of drug-likeness (QED) is 0.390. The number of nitrogens with zero attached hydrogens (tertiary/aromatic N) is 1. The molecule has 1 fully saturated rings. The molecular weight excluding hydrogens is 319 g/mol. The summed E-state index contributed by atoms with van der Waals surface area (Å²) in [6.07, 6.45) is -3.18. The zero-order valence-corrected chi connectivity index (χ0v) is 12.5. The molecule has 1 aliphatic heterocycles. The molecule has 0 aromatic carbocycles. The van der Waals surface area contributed by atoms with E-state index in [1.165, 1.54) is 13.1 Å². The molecular formula is C11H17N2O8P. The molecule has 0 radical (unpaired) electrons. The predicted molar refractivity (Wildman–Crippen MR) is 73.5 cm³/mol. The van der Waals surface area contributed by atoms with Crippen LogP contribution in [0.5, 0.6) is 0 Å². The fraction of sp³-hybridized carbons (Fsp3) is 0.636. The number of hydrogen-bond acceptors (Lipinski definition) is 6. The molecule has 10 nitrogen and oxygen atoms in total. The monoisotopic (exact) mass is 336 g/mol. The van der Waals surface area contributed by atoms with Crippen molar-refractivity contribution in [1.82, 2.24) is 9.55 Å². The molecule has 22 heavy (non-hydrogen) atoms. The molecule has 0 amide bonds. The fourth-order valence-electron chi connectivity index (χ4n) is 2.48. The average Bonchev–Trinajstić information content (AvgIpc) is 2.69. The van der Waals surface area contributed by atoms with Crippen molar-refractivity contribution >= 4 is 7.60 Å². The zero-order chi connectivity index (χ0) is 16.7. The summed E-state index contributed by atoms with van der Waals surface area (Å²) in [5.41, 5.74) is -1.23. The van der Waals surface area contributed by atoms with Gasteiger partial charge < -0.3 is 24.7 Å². The Morgan fingerprint density at radius 1 is 1.41 bits per heavy atom. The molecule has 1 saturated heterocycles. The van der Waals surface area contributed by atoms with Gasteiger partial charge in [-0.2, -0.15) is 0 Å². The molecule has 1 aromatic rings. The van der Waals surface area contributed by atoms with Gasteiger partial charge in [0.1, 0.15) is 12.3 Å². The van der Waals surface area contributed by atoms with Crippen molar-refractivity contribution in [2.24, 2.45) is 5.92 Å². The van der Waals surface area contributed by atoms with E-state index in [9.17, 15) is 19.3 Å². The number of rotatable bonds is 4. The summed E-state index contributed by atoms with van der Waals surface area (Å²) in [4.78, 5) is 43.6. The van der Waals surface area contributed by atoms with Crippen LogP contribution in [0.3, 0.4) is 0 Å². The van der Waals surface area contributed by atoms with E-state index in [2.05, 4.69) is 0 Å². The highest BCUT2D eigenvalue weighted by Crippen LogP contribution is 2.45. The van der Waals surface area contributed by atoms with Gasteiger partial charge in [0, 0.05) is 17.7 Å². The second-order valence-electron chi connectivity index (χ2n) is 5.23. The molecule has 0 spiro atoms. The lowest BCUT2D eigenvalue weighted by Crippen LogP contribution is -2.37. The van der Waals surface area contributed by atoms with Gasteiger partial charge in [-0.25, -0.2) is 4.79 Å². The number of nitrogens with one attached hydrogen (secondary N) is 1. The van der Waals surface area contributed by atoms with Crippen molar-refractivity contribution in [3.63, 3.8) is 0 Å². The maximum absolute atomic E-state index is 11.9. The lowest BCUT2D eigenvalue weighted by Gasteiger charge is -2.22. The van der Waals surface area contributed by atoms with E-state index in [1.54, 1.807) is 0 Å². The van der Waals surface area contributed by atoms with Crippen LogP contribution < -0.4 is 11.2 Å². The third-order valence-corrected chi connectivity index (χ3v) is 4.45. The predicted octanol–water partition coefficient (Wildman–Crippen LogP) is -2.11. The van der Waals surface area contributed by atoms with Crippen LogP contribution in [0.25, 0.3) is 0 Å². The van der Waals surface area contributed by atoms with Gasteiger partial charge in [0.15, 0.2) is 0 Å². The van der Waals surface area contributed by atoms with E-state index < -0.39 is 56.0 Å². The number of aryl methyl sites for hydroxylation is 1. The molecule has 0 aliphatic carbocycles. The summed E-state index contributed by atoms with van der Waals surface area (Å²) in [6, 6.07) is 0. The molecule has 1 aliphatic rings. The number of aromatic amines is 1. The van der Waals surface area contributed by atoms with Crippen LogP contribution in [0.15, 0.2) is 15.8 Å². The Labute approximate surface area is 124 Å². The van der Waals surface area contributed by atoms with Gasteiger partial charge in [-0.3, -0.25) is 18.9 Å². The minimum Gasteiger partial charge on any atom is -0.394 e. The zero-order valence-electron chi connectivity index (χ0n) is 11.6. The van der Waals surface area contributed by atoms with Gasteiger partial charge in [-0.05, 0) is 6.92 Å². The minimum absolute atomic E-state index is 0.195. The second-order valence-corrected chi connectivity index (χ2v) is 6.92. The Morgan fingerprint density at radius 2 is 2.05 bits per heavy atom. The molecule has 0 unspecified atom stereocenters. The first-order valence-electron chi connectivity index (χ1n) is 6.45. The first-order valence-corrected chi connectivity index (χ1v) is 8.25.